The van der Waals surface area contributed by atoms with Crippen molar-refractivity contribution in [1.82, 2.24) is 0 Å². The van der Waals surface area contributed by atoms with E-state index in [0.29, 0.717) is 12.2 Å². The predicted octanol–water partition coefficient (Wildman–Crippen LogP) is 4.78. The molecular formula is C17H25NO4. The number of nitro benzene ring substituents is 1. The first-order valence-electron chi connectivity index (χ1n) is 7.92. The van der Waals surface area contributed by atoms with Crippen LogP contribution >= 0.6 is 0 Å². The average molecular weight is 307 g/mol. The second-order valence-corrected chi connectivity index (χ2v) is 5.72. The highest BCUT2D eigenvalue weighted by Crippen LogP contribution is 2.29. The highest BCUT2D eigenvalue weighted by molar-refractivity contribution is 5.98. The Hall–Kier alpha value is -1.91. The van der Waals surface area contributed by atoms with E-state index in [0.717, 1.165) is 19.3 Å². The minimum absolute atomic E-state index is 0.103. The van der Waals surface area contributed by atoms with Crippen molar-refractivity contribution >= 4 is 11.5 Å². The van der Waals surface area contributed by atoms with Crippen LogP contribution in [0.25, 0.3) is 0 Å². The fraction of sp³-hybridized carbons (Fsp3) is 0.588. The lowest BCUT2D eigenvalue weighted by atomic mass is 10.0. The van der Waals surface area contributed by atoms with Crippen molar-refractivity contribution in [2.75, 3.05) is 6.61 Å². The number of Topliss-reactive ketones (excluding diaryl/α,β-unsaturated/α-hetero) is 1. The molecule has 0 atom stereocenters. The molecule has 5 heteroatoms. The molecule has 0 heterocycles. The van der Waals surface area contributed by atoms with Crippen LogP contribution < -0.4 is 4.74 Å². The summed E-state index contributed by atoms with van der Waals surface area (Å²) in [6.07, 6.45) is 5.48. The SMILES string of the molecule is CCCCCCCOc1ccc(C(=O)C(C)C)cc1[N+](=O)[O-]. The molecule has 0 aromatic heterocycles. The quantitative estimate of drug-likeness (QED) is 0.270. The van der Waals surface area contributed by atoms with E-state index in [9.17, 15) is 14.9 Å². The summed E-state index contributed by atoms with van der Waals surface area (Å²) in [5, 5.41) is 11.2. The molecule has 1 rings (SSSR count). The number of carbonyl (C=O) groups excluding carboxylic acids is 1. The number of ketones is 1. The normalized spacial score (nSPS) is 10.7. The van der Waals surface area contributed by atoms with Crippen LogP contribution in [0.15, 0.2) is 18.2 Å². The Bertz CT molecular complexity index is 511. The molecule has 0 aliphatic heterocycles. The van der Waals surface area contributed by atoms with E-state index < -0.39 is 4.92 Å². The predicted molar refractivity (Wildman–Crippen MR) is 86.5 cm³/mol. The van der Waals surface area contributed by atoms with Gasteiger partial charge in [0, 0.05) is 17.5 Å². The zero-order chi connectivity index (χ0) is 16.5. The van der Waals surface area contributed by atoms with Crippen LogP contribution in [0.5, 0.6) is 5.75 Å². The third-order valence-electron chi connectivity index (χ3n) is 3.47. The second-order valence-electron chi connectivity index (χ2n) is 5.72. The summed E-state index contributed by atoms with van der Waals surface area (Å²) in [5.41, 5.74) is 0.219. The molecule has 0 bridgehead atoms. The van der Waals surface area contributed by atoms with Gasteiger partial charge in [-0.2, -0.15) is 0 Å². The molecule has 1 aromatic carbocycles. The number of ether oxygens (including phenoxy) is 1. The standard InChI is InChI=1S/C17H25NO4/c1-4-5-6-7-8-11-22-16-10-9-14(17(19)13(2)3)12-15(16)18(20)21/h9-10,12-13H,4-8,11H2,1-3H3. The molecule has 0 aliphatic rings. The van der Waals surface area contributed by atoms with Crippen LogP contribution in [-0.4, -0.2) is 17.3 Å². The summed E-state index contributed by atoms with van der Waals surface area (Å²) in [6.45, 7) is 6.16. The Morgan fingerprint density at radius 3 is 2.50 bits per heavy atom. The molecule has 22 heavy (non-hydrogen) atoms. The summed E-state index contributed by atoms with van der Waals surface area (Å²) in [6, 6.07) is 4.44. The minimum Gasteiger partial charge on any atom is -0.487 e. The molecule has 0 saturated carbocycles. The zero-order valence-electron chi connectivity index (χ0n) is 13.6. The molecule has 122 valence electrons. The van der Waals surface area contributed by atoms with E-state index in [-0.39, 0.29) is 23.1 Å². The van der Waals surface area contributed by atoms with E-state index in [1.54, 1.807) is 19.9 Å². The summed E-state index contributed by atoms with van der Waals surface area (Å²) in [7, 11) is 0. The fourth-order valence-corrected chi connectivity index (χ4v) is 2.16. The lowest BCUT2D eigenvalue weighted by molar-refractivity contribution is -0.385. The Balaban J connectivity index is 2.70. The Labute approximate surface area is 131 Å². The molecule has 0 saturated heterocycles. The molecule has 0 unspecified atom stereocenters. The van der Waals surface area contributed by atoms with Crippen molar-refractivity contribution in [2.45, 2.75) is 52.9 Å². The number of hydrogen-bond donors (Lipinski definition) is 0. The molecule has 0 N–H and O–H groups in total. The van der Waals surface area contributed by atoms with Crippen molar-refractivity contribution in [2.24, 2.45) is 5.92 Å². The largest absolute Gasteiger partial charge is 0.487 e. The molecular weight excluding hydrogens is 282 g/mol. The monoisotopic (exact) mass is 307 g/mol. The van der Waals surface area contributed by atoms with Gasteiger partial charge in [-0.1, -0.05) is 46.5 Å². The Kier molecular flexibility index (Phi) is 7.57. The van der Waals surface area contributed by atoms with E-state index in [1.807, 2.05) is 0 Å². The molecule has 1 aromatic rings. The number of unbranched alkanes of at least 4 members (excludes halogenated alkanes) is 4. The van der Waals surface area contributed by atoms with Crippen LogP contribution in [0.4, 0.5) is 5.69 Å². The third kappa shape index (κ3) is 5.47. The Morgan fingerprint density at radius 2 is 1.91 bits per heavy atom. The molecule has 0 spiro atoms. The van der Waals surface area contributed by atoms with Crippen molar-refractivity contribution in [1.29, 1.82) is 0 Å². The first kappa shape index (κ1) is 18.1. The van der Waals surface area contributed by atoms with Gasteiger partial charge in [0.15, 0.2) is 11.5 Å². The molecule has 5 nitrogen and oxygen atoms in total. The maximum atomic E-state index is 11.9. The van der Waals surface area contributed by atoms with Gasteiger partial charge in [0.05, 0.1) is 11.5 Å². The molecule has 0 aliphatic carbocycles. The maximum absolute atomic E-state index is 11.9. The molecule has 0 amide bonds. The van der Waals surface area contributed by atoms with Gasteiger partial charge < -0.3 is 4.74 Å². The van der Waals surface area contributed by atoms with Gasteiger partial charge in [-0.15, -0.1) is 0 Å². The van der Waals surface area contributed by atoms with E-state index >= 15 is 0 Å². The van der Waals surface area contributed by atoms with E-state index in [1.165, 1.54) is 25.0 Å². The lowest BCUT2D eigenvalue weighted by Crippen LogP contribution is -2.08. The van der Waals surface area contributed by atoms with Gasteiger partial charge in [0.2, 0.25) is 0 Å². The number of nitrogens with zero attached hydrogens (tertiary/aromatic N) is 1. The van der Waals surface area contributed by atoms with Crippen molar-refractivity contribution in [3.05, 3.63) is 33.9 Å². The van der Waals surface area contributed by atoms with Gasteiger partial charge in [0.25, 0.3) is 0 Å². The number of hydrogen-bond acceptors (Lipinski definition) is 4. The van der Waals surface area contributed by atoms with Gasteiger partial charge in [-0.3, -0.25) is 14.9 Å². The topological polar surface area (TPSA) is 69.4 Å². The van der Waals surface area contributed by atoms with Gasteiger partial charge >= 0.3 is 5.69 Å². The number of carbonyl (C=O) groups is 1. The molecule has 0 radical (unpaired) electrons. The van der Waals surface area contributed by atoms with Gasteiger partial charge in [0.1, 0.15) is 0 Å². The zero-order valence-corrected chi connectivity index (χ0v) is 13.6. The fourth-order valence-electron chi connectivity index (χ4n) is 2.16. The first-order chi connectivity index (χ1) is 10.5. The highest BCUT2D eigenvalue weighted by atomic mass is 16.6. The van der Waals surface area contributed by atoms with Crippen molar-refractivity contribution in [3.8, 4) is 5.75 Å². The second kappa shape index (κ2) is 9.18. The number of rotatable bonds is 10. The van der Waals surface area contributed by atoms with Crippen LogP contribution in [0, 0.1) is 16.0 Å². The third-order valence-corrected chi connectivity index (χ3v) is 3.47. The highest BCUT2D eigenvalue weighted by Gasteiger charge is 2.20. The van der Waals surface area contributed by atoms with Crippen molar-refractivity contribution in [3.63, 3.8) is 0 Å². The Morgan fingerprint density at radius 1 is 1.23 bits per heavy atom. The van der Waals surface area contributed by atoms with Crippen molar-refractivity contribution < 1.29 is 14.5 Å². The van der Waals surface area contributed by atoms with Gasteiger partial charge in [-0.05, 0) is 18.6 Å². The summed E-state index contributed by atoms with van der Waals surface area (Å²) in [4.78, 5) is 22.6. The summed E-state index contributed by atoms with van der Waals surface area (Å²) >= 11 is 0. The summed E-state index contributed by atoms with van der Waals surface area (Å²) < 4.78 is 5.52. The van der Waals surface area contributed by atoms with Crippen LogP contribution in [0.2, 0.25) is 0 Å². The van der Waals surface area contributed by atoms with Crippen LogP contribution in [0.1, 0.15) is 63.2 Å². The van der Waals surface area contributed by atoms with Crippen LogP contribution in [0.3, 0.4) is 0 Å². The minimum atomic E-state index is -0.497. The lowest BCUT2D eigenvalue weighted by Gasteiger charge is -2.09. The van der Waals surface area contributed by atoms with Gasteiger partial charge in [-0.25, -0.2) is 0 Å². The number of benzene rings is 1. The summed E-state index contributed by atoms with van der Waals surface area (Å²) in [5.74, 6) is -0.0556. The first-order valence-corrected chi connectivity index (χ1v) is 7.92. The van der Waals surface area contributed by atoms with E-state index in [4.69, 9.17) is 4.74 Å². The smallest absolute Gasteiger partial charge is 0.311 e. The maximum Gasteiger partial charge on any atom is 0.311 e. The van der Waals surface area contributed by atoms with Crippen LogP contribution in [-0.2, 0) is 0 Å². The number of nitro groups is 1. The average Bonchev–Trinajstić information content (AvgIpc) is 2.49. The van der Waals surface area contributed by atoms with E-state index in [2.05, 4.69) is 6.92 Å². The molecule has 0 fully saturated rings.